The lowest BCUT2D eigenvalue weighted by Crippen LogP contribution is -2.29. The first kappa shape index (κ1) is 18.2. The Morgan fingerprint density at radius 1 is 1.04 bits per heavy atom. The van der Waals surface area contributed by atoms with Crippen molar-refractivity contribution in [2.75, 3.05) is 13.3 Å². The largest absolute Gasteiger partial charge is 0.339 e. The molecule has 2 rings (SSSR count). The maximum absolute atomic E-state index is 12.4. The summed E-state index contributed by atoms with van der Waals surface area (Å²) >= 11 is 0. The Balaban J connectivity index is 2.00. The number of nitrogens with zero attached hydrogens (tertiary/aromatic N) is 1. The SMILES string of the molecule is CC(c1ccc(S(C)(=O)=O)cc1)N(C)C(=O)CCc1ccccc1. The Bertz CT molecular complexity index is 783. The molecule has 1 unspecified atom stereocenters. The molecule has 128 valence electrons. The second-order valence-corrected chi connectivity index (χ2v) is 8.02. The van der Waals surface area contributed by atoms with Crippen LogP contribution in [-0.2, 0) is 21.1 Å². The summed E-state index contributed by atoms with van der Waals surface area (Å²) in [6, 6.07) is 16.5. The van der Waals surface area contributed by atoms with Crippen LogP contribution in [0.4, 0.5) is 0 Å². The van der Waals surface area contributed by atoms with E-state index in [-0.39, 0.29) is 16.8 Å². The number of aryl methyl sites for hydroxylation is 1. The van der Waals surface area contributed by atoms with Crippen LogP contribution in [0.25, 0.3) is 0 Å². The van der Waals surface area contributed by atoms with Crippen molar-refractivity contribution in [2.45, 2.75) is 30.7 Å². The summed E-state index contributed by atoms with van der Waals surface area (Å²) in [5.41, 5.74) is 2.06. The molecule has 0 aliphatic rings. The highest BCUT2D eigenvalue weighted by Gasteiger charge is 2.18. The molecule has 24 heavy (non-hydrogen) atoms. The number of carbonyl (C=O) groups excluding carboxylic acids is 1. The third-order valence-electron chi connectivity index (χ3n) is 4.24. The van der Waals surface area contributed by atoms with E-state index < -0.39 is 9.84 Å². The zero-order valence-corrected chi connectivity index (χ0v) is 15.1. The molecule has 0 saturated heterocycles. The predicted molar refractivity (Wildman–Crippen MR) is 95.5 cm³/mol. The van der Waals surface area contributed by atoms with Crippen LogP contribution in [-0.4, -0.2) is 32.5 Å². The number of hydrogen-bond acceptors (Lipinski definition) is 3. The summed E-state index contributed by atoms with van der Waals surface area (Å²) in [5.74, 6) is 0.0681. The van der Waals surface area contributed by atoms with Gasteiger partial charge in [-0.2, -0.15) is 0 Å². The molecule has 5 heteroatoms. The van der Waals surface area contributed by atoms with E-state index in [1.165, 1.54) is 6.26 Å². The minimum Gasteiger partial charge on any atom is -0.339 e. The maximum atomic E-state index is 12.4. The van der Waals surface area contributed by atoms with E-state index in [1.807, 2.05) is 37.3 Å². The highest BCUT2D eigenvalue weighted by Crippen LogP contribution is 2.21. The fourth-order valence-electron chi connectivity index (χ4n) is 2.51. The molecule has 0 bridgehead atoms. The molecule has 4 nitrogen and oxygen atoms in total. The van der Waals surface area contributed by atoms with Crippen molar-refractivity contribution >= 4 is 15.7 Å². The summed E-state index contributed by atoms with van der Waals surface area (Å²) in [5, 5.41) is 0. The number of sulfone groups is 1. The average molecular weight is 345 g/mol. The van der Waals surface area contributed by atoms with Crippen LogP contribution >= 0.6 is 0 Å². The topological polar surface area (TPSA) is 54.5 Å². The molecular weight excluding hydrogens is 322 g/mol. The molecule has 2 aromatic rings. The van der Waals surface area contributed by atoms with Crippen LogP contribution in [0.15, 0.2) is 59.5 Å². The first-order chi connectivity index (χ1) is 11.3. The Kier molecular flexibility index (Phi) is 5.78. The third kappa shape index (κ3) is 4.68. The van der Waals surface area contributed by atoms with Gasteiger partial charge >= 0.3 is 0 Å². The van der Waals surface area contributed by atoms with E-state index >= 15 is 0 Å². The van der Waals surface area contributed by atoms with Gasteiger partial charge in [0.1, 0.15) is 0 Å². The Morgan fingerprint density at radius 3 is 2.17 bits per heavy atom. The summed E-state index contributed by atoms with van der Waals surface area (Å²) in [4.78, 5) is 14.4. The van der Waals surface area contributed by atoms with E-state index in [1.54, 1.807) is 36.2 Å². The van der Waals surface area contributed by atoms with E-state index in [4.69, 9.17) is 0 Å². The molecule has 0 radical (unpaired) electrons. The fourth-order valence-corrected chi connectivity index (χ4v) is 3.14. The summed E-state index contributed by atoms with van der Waals surface area (Å²) < 4.78 is 23.0. The monoisotopic (exact) mass is 345 g/mol. The highest BCUT2D eigenvalue weighted by atomic mass is 32.2. The van der Waals surface area contributed by atoms with Crippen molar-refractivity contribution in [1.29, 1.82) is 0 Å². The Hall–Kier alpha value is -2.14. The lowest BCUT2D eigenvalue weighted by molar-refractivity contribution is -0.131. The Morgan fingerprint density at radius 2 is 1.62 bits per heavy atom. The van der Waals surface area contributed by atoms with Crippen molar-refractivity contribution in [3.8, 4) is 0 Å². The lowest BCUT2D eigenvalue weighted by atomic mass is 10.1. The second-order valence-electron chi connectivity index (χ2n) is 6.01. The minimum absolute atomic E-state index is 0.0681. The van der Waals surface area contributed by atoms with Gasteiger partial charge in [0.05, 0.1) is 10.9 Å². The second kappa shape index (κ2) is 7.62. The van der Waals surface area contributed by atoms with Gasteiger partial charge in [-0.1, -0.05) is 42.5 Å². The van der Waals surface area contributed by atoms with Gasteiger partial charge in [-0.15, -0.1) is 0 Å². The normalized spacial score (nSPS) is 12.6. The first-order valence-corrected chi connectivity index (χ1v) is 9.78. The fraction of sp³-hybridized carbons (Fsp3) is 0.316. The van der Waals surface area contributed by atoms with Gasteiger partial charge in [-0.25, -0.2) is 8.42 Å². The molecule has 0 fully saturated rings. The molecule has 1 amide bonds. The van der Waals surface area contributed by atoms with Gasteiger partial charge < -0.3 is 4.90 Å². The molecule has 2 aromatic carbocycles. The van der Waals surface area contributed by atoms with Crippen LogP contribution in [0, 0.1) is 0 Å². The van der Waals surface area contributed by atoms with E-state index in [2.05, 4.69) is 0 Å². The van der Waals surface area contributed by atoms with Gasteiger partial charge in [0.15, 0.2) is 9.84 Å². The third-order valence-corrected chi connectivity index (χ3v) is 5.36. The predicted octanol–water partition coefficient (Wildman–Crippen LogP) is 3.24. The smallest absolute Gasteiger partial charge is 0.223 e. The van der Waals surface area contributed by atoms with Gasteiger partial charge in [0.2, 0.25) is 5.91 Å². The van der Waals surface area contributed by atoms with Crippen LogP contribution in [0.2, 0.25) is 0 Å². The molecule has 0 N–H and O–H groups in total. The lowest BCUT2D eigenvalue weighted by Gasteiger charge is -2.25. The number of rotatable bonds is 6. The molecule has 0 aromatic heterocycles. The van der Waals surface area contributed by atoms with E-state index in [0.29, 0.717) is 12.8 Å². The molecule has 0 aliphatic heterocycles. The minimum atomic E-state index is -3.20. The van der Waals surface area contributed by atoms with Gasteiger partial charge in [0.25, 0.3) is 0 Å². The van der Waals surface area contributed by atoms with Crippen LogP contribution in [0.5, 0.6) is 0 Å². The van der Waals surface area contributed by atoms with Gasteiger partial charge in [0, 0.05) is 19.7 Å². The van der Waals surface area contributed by atoms with Crippen LogP contribution in [0.1, 0.15) is 30.5 Å². The molecule has 0 saturated carbocycles. The standard InChI is InChI=1S/C19H23NO3S/c1-15(17-10-12-18(13-11-17)24(3,22)23)20(2)19(21)14-9-16-7-5-4-6-8-16/h4-8,10-13,15H,9,14H2,1-3H3. The number of hydrogen-bond donors (Lipinski definition) is 0. The highest BCUT2D eigenvalue weighted by molar-refractivity contribution is 7.90. The molecule has 0 spiro atoms. The van der Waals surface area contributed by atoms with Gasteiger partial charge in [-0.3, -0.25) is 4.79 Å². The maximum Gasteiger partial charge on any atom is 0.223 e. The van der Waals surface area contributed by atoms with Crippen molar-refractivity contribution < 1.29 is 13.2 Å². The average Bonchev–Trinajstić information content (AvgIpc) is 2.58. The summed E-state index contributed by atoms with van der Waals surface area (Å²) in [7, 11) is -1.42. The number of carbonyl (C=O) groups is 1. The molecule has 0 aliphatic carbocycles. The quantitative estimate of drug-likeness (QED) is 0.807. The zero-order chi connectivity index (χ0) is 17.7. The molecule has 1 atom stereocenters. The van der Waals surface area contributed by atoms with Crippen molar-refractivity contribution in [3.05, 3.63) is 65.7 Å². The first-order valence-electron chi connectivity index (χ1n) is 7.88. The summed E-state index contributed by atoms with van der Waals surface area (Å²) in [6.07, 6.45) is 2.35. The summed E-state index contributed by atoms with van der Waals surface area (Å²) in [6.45, 7) is 1.94. The Labute approximate surface area is 144 Å². The van der Waals surface area contributed by atoms with Gasteiger partial charge in [-0.05, 0) is 36.6 Å². The number of benzene rings is 2. The zero-order valence-electron chi connectivity index (χ0n) is 14.3. The number of amides is 1. The van der Waals surface area contributed by atoms with E-state index in [0.717, 1.165) is 11.1 Å². The van der Waals surface area contributed by atoms with E-state index in [9.17, 15) is 13.2 Å². The molecule has 0 heterocycles. The van der Waals surface area contributed by atoms with Crippen molar-refractivity contribution in [2.24, 2.45) is 0 Å². The van der Waals surface area contributed by atoms with Crippen LogP contribution < -0.4 is 0 Å². The molecular formula is C19H23NO3S. The van der Waals surface area contributed by atoms with Crippen LogP contribution in [0.3, 0.4) is 0 Å². The van der Waals surface area contributed by atoms with Crippen molar-refractivity contribution in [1.82, 2.24) is 4.90 Å². The van der Waals surface area contributed by atoms with Crippen molar-refractivity contribution in [3.63, 3.8) is 0 Å².